The Balaban J connectivity index is 1.24. The molecule has 236 valence electrons. The lowest BCUT2D eigenvalue weighted by atomic mass is 9.36. The second-order valence-corrected chi connectivity index (χ2v) is 16.7. The van der Waals surface area contributed by atoms with E-state index in [1.807, 2.05) is 12.1 Å². The molecule has 5 aliphatic rings. The molecule has 4 saturated carbocycles. The van der Waals surface area contributed by atoms with Crippen LogP contribution in [0.25, 0.3) is 5.57 Å². The fourth-order valence-electron chi connectivity index (χ4n) is 12.1. The number of rotatable bonds is 6. The Morgan fingerprint density at radius 3 is 2.28 bits per heavy atom. The minimum absolute atomic E-state index is 0.0169. The van der Waals surface area contributed by atoms with Gasteiger partial charge in [0, 0.05) is 0 Å². The number of carbonyl (C=O) groups excluding carboxylic acids is 1. The van der Waals surface area contributed by atoms with E-state index in [2.05, 4.69) is 39.1 Å². The summed E-state index contributed by atoms with van der Waals surface area (Å²) in [5, 5.41) is 22.8. The lowest BCUT2D eigenvalue weighted by Crippen LogP contribution is -2.62. The zero-order valence-electron chi connectivity index (χ0n) is 27.4. The number of carbonyl (C=O) groups is 2. The van der Waals surface area contributed by atoms with Gasteiger partial charge in [-0.2, -0.15) is 4.65 Å². The van der Waals surface area contributed by atoms with Crippen molar-refractivity contribution in [1.82, 2.24) is 5.32 Å². The van der Waals surface area contributed by atoms with Crippen molar-refractivity contribution in [1.29, 1.82) is 0 Å². The third-order valence-corrected chi connectivity index (χ3v) is 13.9. The fourth-order valence-corrected chi connectivity index (χ4v) is 12.1. The molecule has 1 amide bonds. The summed E-state index contributed by atoms with van der Waals surface area (Å²) in [5.74, 6) is 2.48. The summed E-state index contributed by atoms with van der Waals surface area (Å²) in [6, 6.07) is 7.52. The predicted molar refractivity (Wildman–Crippen MR) is 169 cm³/mol. The lowest BCUT2D eigenvalue weighted by Gasteiger charge is -2.68. The second-order valence-electron chi connectivity index (χ2n) is 16.7. The third kappa shape index (κ3) is 4.81. The number of amides is 1. The van der Waals surface area contributed by atoms with Gasteiger partial charge in [-0.25, -0.2) is 10.0 Å². The second kappa shape index (κ2) is 10.4. The van der Waals surface area contributed by atoms with E-state index >= 15 is 0 Å². The maximum Gasteiger partial charge on any atom is 0.335 e. The number of likely N-dealkylation sites (N-methyl/N-ethyl adjacent to an activating group) is 1. The van der Waals surface area contributed by atoms with Crippen LogP contribution in [0.2, 0.25) is 0 Å². The Kier molecular flexibility index (Phi) is 7.48. The average molecular weight is 592 g/mol. The van der Waals surface area contributed by atoms with E-state index in [0.717, 1.165) is 25.7 Å². The summed E-state index contributed by atoms with van der Waals surface area (Å²) in [7, 11) is 3.51. The number of quaternary nitrogens is 1. The molecule has 6 rings (SSSR count). The van der Waals surface area contributed by atoms with Crippen molar-refractivity contribution >= 4 is 17.4 Å². The quantitative estimate of drug-likeness (QED) is 0.237. The molecule has 0 radical (unpaired) electrons. The van der Waals surface area contributed by atoms with Crippen molar-refractivity contribution in [2.24, 2.45) is 51.2 Å². The van der Waals surface area contributed by atoms with E-state index < -0.39 is 5.97 Å². The molecule has 1 aromatic carbocycles. The molecule has 0 bridgehead atoms. The Morgan fingerprint density at radius 1 is 0.884 bits per heavy atom. The van der Waals surface area contributed by atoms with Gasteiger partial charge in [0.15, 0.2) is 0 Å². The minimum Gasteiger partial charge on any atom is -0.478 e. The van der Waals surface area contributed by atoms with Crippen LogP contribution in [0.3, 0.4) is 0 Å². The Labute approximate surface area is 258 Å². The van der Waals surface area contributed by atoms with Gasteiger partial charge in [-0.15, -0.1) is 0 Å². The van der Waals surface area contributed by atoms with Gasteiger partial charge in [0.2, 0.25) is 5.91 Å². The molecule has 4 unspecified atom stereocenters. The van der Waals surface area contributed by atoms with Crippen molar-refractivity contribution in [2.45, 2.75) is 91.9 Å². The minimum atomic E-state index is -0.874. The number of carboxylic acid groups (broad SMARTS) is 1. The van der Waals surface area contributed by atoms with E-state index in [1.54, 1.807) is 26.2 Å². The predicted octanol–water partition coefficient (Wildman–Crippen LogP) is 7.43. The highest BCUT2D eigenvalue weighted by Gasteiger charge is 2.66. The van der Waals surface area contributed by atoms with Crippen molar-refractivity contribution < 1.29 is 24.5 Å². The highest BCUT2D eigenvalue weighted by molar-refractivity contribution is 5.88. The van der Waals surface area contributed by atoms with Gasteiger partial charge in [-0.05, 0) is 127 Å². The SMILES string of the molecule is CC1(C)C(c2ccc(C(=O)O)cc2)=CC[C@@]2(C)C1CC[C@@]1(C)C3CC[C@@]4(C(=O)NCC[N+](C)(C)O)CCCC4[C@H]3CCC12. The number of aromatic carboxylic acids is 1. The molecule has 0 heterocycles. The van der Waals surface area contributed by atoms with Crippen LogP contribution in [0.1, 0.15) is 108 Å². The molecule has 0 spiro atoms. The van der Waals surface area contributed by atoms with Crippen LogP contribution in [0, 0.1) is 51.2 Å². The molecule has 5 aliphatic carbocycles. The Hall–Kier alpha value is -2.18. The Bertz CT molecular complexity index is 1290. The normalized spacial score (nSPS) is 39.9. The summed E-state index contributed by atoms with van der Waals surface area (Å²) >= 11 is 0. The molecular weight excluding hydrogens is 536 g/mol. The first kappa shape index (κ1) is 30.8. The number of nitrogens with zero attached hydrogens (tertiary/aromatic N) is 1. The molecule has 0 aliphatic heterocycles. The molecule has 8 atom stereocenters. The molecule has 3 N–H and O–H groups in total. The first-order valence-corrected chi connectivity index (χ1v) is 17.0. The van der Waals surface area contributed by atoms with E-state index in [9.17, 15) is 19.9 Å². The number of hydrogen-bond acceptors (Lipinski definition) is 3. The maximum atomic E-state index is 13.8. The molecule has 1 aromatic rings. The third-order valence-electron chi connectivity index (χ3n) is 13.9. The van der Waals surface area contributed by atoms with Crippen LogP contribution in [0.4, 0.5) is 0 Å². The van der Waals surface area contributed by atoms with E-state index in [4.69, 9.17) is 0 Å². The lowest BCUT2D eigenvalue weighted by molar-refractivity contribution is -1.07. The van der Waals surface area contributed by atoms with Crippen LogP contribution in [0.15, 0.2) is 30.3 Å². The summed E-state index contributed by atoms with van der Waals surface area (Å²) in [6.45, 7) is 11.2. The first-order valence-electron chi connectivity index (χ1n) is 17.0. The summed E-state index contributed by atoms with van der Waals surface area (Å²) in [4.78, 5) is 25.3. The van der Waals surface area contributed by atoms with Crippen molar-refractivity contribution in [2.75, 3.05) is 27.2 Å². The van der Waals surface area contributed by atoms with Crippen molar-refractivity contribution in [3.8, 4) is 0 Å². The van der Waals surface area contributed by atoms with Gasteiger partial charge in [-0.1, -0.05) is 52.3 Å². The van der Waals surface area contributed by atoms with Crippen LogP contribution >= 0.6 is 0 Å². The first-order chi connectivity index (χ1) is 20.1. The summed E-state index contributed by atoms with van der Waals surface area (Å²) in [6.07, 6.45) is 14.2. The van der Waals surface area contributed by atoms with Crippen molar-refractivity contribution in [3.63, 3.8) is 0 Å². The monoisotopic (exact) mass is 591 g/mol. The molecular formula is C37H55N2O4+. The van der Waals surface area contributed by atoms with Gasteiger partial charge in [0.05, 0.1) is 31.6 Å². The molecule has 0 aromatic heterocycles. The van der Waals surface area contributed by atoms with E-state index in [0.29, 0.717) is 53.7 Å². The smallest absolute Gasteiger partial charge is 0.335 e. The molecule has 6 heteroatoms. The number of benzene rings is 1. The fraction of sp³-hybridized carbons (Fsp3) is 0.730. The highest BCUT2D eigenvalue weighted by Crippen LogP contribution is 2.73. The van der Waals surface area contributed by atoms with Gasteiger partial charge in [-0.3, -0.25) is 4.79 Å². The van der Waals surface area contributed by atoms with Crippen LogP contribution in [-0.2, 0) is 4.79 Å². The Morgan fingerprint density at radius 2 is 1.60 bits per heavy atom. The summed E-state index contributed by atoms with van der Waals surface area (Å²) in [5.41, 5.74) is 3.25. The molecule has 6 nitrogen and oxygen atoms in total. The number of fused-ring (bicyclic) bond motifs is 7. The number of carboxylic acids is 1. The zero-order chi connectivity index (χ0) is 31.0. The number of hydroxylamine groups is 3. The average Bonchev–Trinajstić information content (AvgIpc) is 3.38. The van der Waals surface area contributed by atoms with Crippen LogP contribution < -0.4 is 5.32 Å². The van der Waals surface area contributed by atoms with E-state index in [1.165, 1.54) is 49.7 Å². The van der Waals surface area contributed by atoms with Gasteiger partial charge < -0.3 is 10.4 Å². The zero-order valence-corrected chi connectivity index (χ0v) is 27.4. The number of allylic oxidation sites excluding steroid dienone is 2. The molecule has 43 heavy (non-hydrogen) atoms. The number of hydrogen-bond donors (Lipinski definition) is 3. The molecule has 4 fully saturated rings. The van der Waals surface area contributed by atoms with Gasteiger partial charge >= 0.3 is 5.97 Å². The summed E-state index contributed by atoms with van der Waals surface area (Å²) < 4.78 is -0.120. The van der Waals surface area contributed by atoms with E-state index in [-0.39, 0.29) is 26.8 Å². The van der Waals surface area contributed by atoms with Crippen molar-refractivity contribution in [3.05, 3.63) is 41.5 Å². The van der Waals surface area contributed by atoms with Crippen LogP contribution in [0.5, 0.6) is 0 Å². The standard InChI is InChI=1S/C37H54N2O4/c1-34(2)27(24-9-11-25(12-10-24)32(40)41)15-19-36(4)30(34)17-20-35(3)28-16-21-37(33(42)38-22-23-39(5,6)43)18-7-8-29(37)26(28)13-14-31(35)36/h9-12,15,26,28-31,43H,7-8,13-14,16-23H2,1-6H3,(H-,38,40,41,42)/p+1/t26-,28?,29?,30?,31?,35-,36-,37-/m0/s1. The largest absolute Gasteiger partial charge is 0.478 e. The topological polar surface area (TPSA) is 86.6 Å². The maximum absolute atomic E-state index is 13.8. The van der Waals surface area contributed by atoms with Gasteiger partial charge in [0.1, 0.15) is 6.54 Å². The van der Waals surface area contributed by atoms with Crippen LogP contribution in [-0.4, -0.2) is 54.0 Å². The van der Waals surface area contributed by atoms with Gasteiger partial charge in [0.25, 0.3) is 0 Å². The number of nitrogens with one attached hydrogen (secondary N) is 1. The highest BCUT2D eigenvalue weighted by atomic mass is 16.5. The molecule has 0 saturated heterocycles.